The van der Waals surface area contributed by atoms with Gasteiger partial charge >= 0.3 is 0 Å². The van der Waals surface area contributed by atoms with Gasteiger partial charge in [0.05, 0.1) is 6.67 Å². The summed E-state index contributed by atoms with van der Waals surface area (Å²) in [5.74, 6) is -5.81. The van der Waals surface area contributed by atoms with E-state index in [0.29, 0.717) is 19.6 Å². The number of nitrogens with zero attached hydrogens (tertiary/aromatic N) is 1. The third-order valence-corrected chi connectivity index (χ3v) is 3.78. The van der Waals surface area contributed by atoms with Gasteiger partial charge in [0.15, 0.2) is 23.3 Å². The molecule has 0 unspecified atom stereocenters. The molecule has 1 atom stereocenters. The van der Waals surface area contributed by atoms with Crippen LogP contribution in [0, 0.1) is 23.3 Å². The predicted octanol–water partition coefficient (Wildman–Crippen LogP) is 2.82. The highest BCUT2D eigenvalue weighted by Crippen LogP contribution is 2.39. The third kappa shape index (κ3) is 1.77. The molecule has 2 aliphatic rings. The van der Waals surface area contributed by atoms with Crippen molar-refractivity contribution in [3.63, 3.8) is 0 Å². The molecule has 3 rings (SSSR count). The van der Waals surface area contributed by atoms with Crippen molar-refractivity contribution in [3.05, 3.63) is 46.3 Å². The van der Waals surface area contributed by atoms with Crippen molar-refractivity contribution in [2.75, 3.05) is 13.2 Å². The molecule has 1 aromatic rings. The van der Waals surface area contributed by atoms with Crippen molar-refractivity contribution < 1.29 is 17.6 Å². The maximum atomic E-state index is 13.7. The van der Waals surface area contributed by atoms with E-state index < -0.39 is 34.8 Å². The van der Waals surface area contributed by atoms with Crippen LogP contribution in [0.25, 0.3) is 0 Å². The number of halogens is 4. The molecule has 1 saturated heterocycles. The number of allylic oxidation sites excluding steroid dienone is 2. The highest BCUT2D eigenvalue weighted by atomic mass is 19.2. The summed E-state index contributed by atoms with van der Waals surface area (Å²) in [5.41, 5.74) is 1.42. The zero-order chi connectivity index (χ0) is 13.7. The van der Waals surface area contributed by atoms with Crippen molar-refractivity contribution in [1.82, 2.24) is 10.2 Å². The van der Waals surface area contributed by atoms with Gasteiger partial charge in [-0.25, -0.2) is 17.6 Å². The van der Waals surface area contributed by atoms with Crippen molar-refractivity contribution >= 4 is 0 Å². The fraction of sp³-hybridized carbons (Fsp3) is 0.385. The number of rotatable bonds is 1. The number of benzene rings is 1. The Hall–Kier alpha value is -1.72. The smallest absolute Gasteiger partial charge is 0.165 e. The second-order valence-electron chi connectivity index (χ2n) is 4.91. The minimum Gasteiger partial charge on any atom is -0.370 e. The number of fused-ring (bicyclic) bond motifs is 1. The van der Waals surface area contributed by atoms with Crippen LogP contribution in [0.1, 0.15) is 24.8 Å². The molecular weight excluding hydrogens is 260 g/mol. The van der Waals surface area contributed by atoms with E-state index in [4.69, 9.17) is 0 Å². The lowest BCUT2D eigenvalue weighted by atomic mass is 9.95. The molecule has 6 heteroatoms. The van der Waals surface area contributed by atoms with Crippen molar-refractivity contribution in [1.29, 1.82) is 0 Å². The lowest BCUT2D eigenvalue weighted by molar-refractivity contribution is 0.383. The minimum atomic E-state index is -1.34. The molecule has 0 spiro atoms. The number of hydrogen-bond donors (Lipinski definition) is 1. The topological polar surface area (TPSA) is 15.3 Å². The predicted molar refractivity (Wildman–Crippen MR) is 61.0 cm³/mol. The Morgan fingerprint density at radius 2 is 1.79 bits per heavy atom. The summed E-state index contributed by atoms with van der Waals surface area (Å²) >= 11 is 0. The zero-order valence-electron chi connectivity index (χ0n) is 10.2. The molecule has 2 heterocycles. The molecule has 2 nitrogen and oxygen atoms in total. The summed E-state index contributed by atoms with van der Waals surface area (Å²) in [7, 11) is 0. The highest BCUT2D eigenvalue weighted by molar-refractivity contribution is 5.32. The molecule has 0 aromatic heterocycles. The average molecular weight is 272 g/mol. The maximum absolute atomic E-state index is 13.7. The molecule has 0 radical (unpaired) electrons. The Bertz CT molecular complexity index is 556. The van der Waals surface area contributed by atoms with Gasteiger partial charge in [-0.1, -0.05) is 0 Å². The summed E-state index contributed by atoms with van der Waals surface area (Å²) in [6, 6.07) is 0.246. The first kappa shape index (κ1) is 12.3. The van der Waals surface area contributed by atoms with Crippen LogP contribution in [0.4, 0.5) is 17.6 Å². The largest absolute Gasteiger partial charge is 0.370 e. The van der Waals surface area contributed by atoms with Gasteiger partial charge in [-0.15, -0.1) is 0 Å². The summed E-state index contributed by atoms with van der Waals surface area (Å²) < 4.78 is 53.9. The van der Waals surface area contributed by atoms with Gasteiger partial charge in [0.1, 0.15) is 0 Å². The third-order valence-electron chi connectivity index (χ3n) is 3.78. The van der Waals surface area contributed by atoms with Crippen LogP contribution in [-0.2, 0) is 0 Å². The van der Waals surface area contributed by atoms with Crippen LogP contribution in [0.5, 0.6) is 0 Å². The second kappa shape index (κ2) is 4.15. The fourth-order valence-electron chi connectivity index (χ4n) is 2.81. The summed E-state index contributed by atoms with van der Waals surface area (Å²) in [6.07, 6.45) is 0.384. The summed E-state index contributed by atoms with van der Waals surface area (Å²) in [5, 5.41) is 3.12. The zero-order valence-corrected chi connectivity index (χ0v) is 10.2. The summed E-state index contributed by atoms with van der Waals surface area (Å²) in [6.45, 7) is 2.80. The molecule has 2 aliphatic heterocycles. The highest BCUT2D eigenvalue weighted by Gasteiger charge is 2.36. The molecule has 1 N–H and O–H groups in total. The van der Waals surface area contributed by atoms with E-state index in [0.717, 1.165) is 11.4 Å². The molecule has 19 heavy (non-hydrogen) atoms. The van der Waals surface area contributed by atoms with Crippen LogP contribution < -0.4 is 5.32 Å². The standard InChI is InChI=1S/C13H12F4N2/c1-6-10-2-7(4-19(10)5-18-6)11-12(16)8(14)3-9(15)13(11)17/h3,7,18H,2,4-5H2,1H3/t7-/m1/s1. The van der Waals surface area contributed by atoms with Gasteiger partial charge in [0.25, 0.3) is 0 Å². The Kier molecular flexibility index (Phi) is 2.69. The van der Waals surface area contributed by atoms with E-state index >= 15 is 0 Å². The van der Waals surface area contributed by atoms with E-state index in [9.17, 15) is 17.6 Å². The van der Waals surface area contributed by atoms with Crippen LogP contribution in [0.3, 0.4) is 0 Å². The molecule has 0 amide bonds. The van der Waals surface area contributed by atoms with Gasteiger partial charge in [0.2, 0.25) is 0 Å². The van der Waals surface area contributed by atoms with Gasteiger partial charge in [-0.05, 0) is 13.3 Å². The van der Waals surface area contributed by atoms with Gasteiger partial charge in [-0.2, -0.15) is 0 Å². The van der Waals surface area contributed by atoms with E-state index in [1.807, 2.05) is 11.8 Å². The Morgan fingerprint density at radius 1 is 1.16 bits per heavy atom. The van der Waals surface area contributed by atoms with Crippen molar-refractivity contribution in [3.8, 4) is 0 Å². The van der Waals surface area contributed by atoms with Crippen LogP contribution in [0.2, 0.25) is 0 Å². The van der Waals surface area contributed by atoms with Gasteiger partial charge < -0.3 is 10.2 Å². The van der Waals surface area contributed by atoms with Crippen molar-refractivity contribution in [2.24, 2.45) is 0 Å². The molecule has 1 aromatic carbocycles. The first-order valence-corrected chi connectivity index (χ1v) is 6.00. The van der Waals surface area contributed by atoms with Gasteiger partial charge in [-0.3, -0.25) is 0 Å². The van der Waals surface area contributed by atoms with E-state index in [1.165, 1.54) is 0 Å². The first-order chi connectivity index (χ1) is 8.99. The molecule has 0 aliphatic carbocycles. The Morgan fingerprint density at radius 3 is 2.37 bits per heavy atom. The second-order valence-corrected chi connectivity index (χ2v) is 4.91. The van der Waals surface area contributed by atoms with E-state index in [2.05, 4.69) is 5.32 Å². The molecule has 0 saturated carbocycles. The van der Waals surface area contributed by atoms with Crippen LogP contribution in [-0.4, -0.2) is 18.1 Å². The molecule has 0 bridgehead atoms. The summed E-state index contributed by atoms with van der Waals surface area (Å²) in [4.78, 5) is 1.93. The molecular formula is C13H12F4N2. The van der Waals surface area contributed by atoms with E-state index in [-0.39, 0.29) is 6.07 Å². The minimum absolute atomic E-state index is 0.246. The average Bonchev–Trinajstić information content (AvgIpc) is 2.90. The van der Waals surface area contributed by atoms with E-state index in [1.54, 1.807) is 0 Å². The number of hydrogen-bond acceptors (Lipinski definition) is 2. The first-order valence-electron chi connectivity index (χ1n) is 6.00. The Balaban J connectivity index is 2.03. The molecule has 1 fully saturated rings. The fourth-order valence-corrected chi connectivity index (χ4v) is 2.81. The maximum Gasteiger partial charge on any atom is 0.165 e. The lowest BCUT2D eigenvalue weighted by Crippen LogP contribution is -2.23. The quantitative estimate of drug-likeness (QED) is 0.624. The number of nitrogens with one attached hydrogen (secondary N) is 1. The van der Waals surface area contributed by atoms with Gasteiger partial charge in [0, 0.05) is 35.5 Å². The van der Waals surface area contributed by atoms with Crippen LogP contribution >= 0.6 is 0 Å². The van der Waals surface area contributed by atoms with Crippen molar-refractivity contribution in [2.45, 2.75) is 19.3 Å². The lowest BCUT2D eigenvalue weighted by Gasteiger charge is -2.15. The van der Waals surface area contributed by atoms with Crippen LogP contribution in [0.15, 0.2) is 17.5 Å². The normalized spacial score (nSPS) is 21.9. The SMILES string of the molecule is CC1=C2C[C@@H](c3c(F)c(F)cc(F)c3F)CN2CN1. The Labute approximate surface area is 107 Å². The molecule has 102 valence electrons. The monoisotopic (exact) mass is 272 g/mol.